The van der Waals surface area contributed by atoms with E-state index in [-0.39, 0.29) is 0 Å². The van der Waals surface area contributed by atoms with Gasteiger partial charge in [-0.05, 0) is 25.3 Å². The first kappa shape index (κ1) is 7.79. The van der Waals surface area contributed by atoms with Gasteiger partial charge in [0.1, 0.15) is 18.1 Å². The first-order valence-electron chi connectivity index (χ1n) is 4.88. The van der Waals surface area contributed by atoms with Gasteiger partial charge in [-0.2, -0.15) is 0 Å². The highest BCUT2D eigenvalue weighted by Crippen LogP contribution is 2.27. The smallest absolute Gasteiger partial charge is 0.226 e. The molecule has 0 spiro atoms. The van der Waals surface area contributed by atoms with E-state index in [1.54, 1.807) is 0 Å². The van der Waals surface area contributed by atoms with Crippen LogP contribution in [0.25, 0.3) is 11.0 Å². The quantitative estimate of drug-likeness (QED) is 0.784. The van der Waals surface area contributed by atoms with Crippen LogP contribution in [-0.2, 0) is 0 Å². The number of hydrogen-bond donors (Lipinski definition) is 1. The van der Waals surface area contributed by atoms with Gasteiger partial charge in [-0.3, -0.25) is 0 Å². The molecule has 1 fully saturated rings. The molecule has 1 N–H and O–H groups in total. The second-order valence-electron chi connectivity index (χ2n) is 3.59. The fraction of sp³-hybridized carbons (Fsp3) is 0.400. The average Bonchev–Trinajstić information content (AvgIpc) is 2.59. The molecule has 0 aromatic carbocycles. The van der Waals surface area contributed by atoms with Crippen molar-refractivity contribution in [1.82, 2.24) is 15.0 Å². The normalized spacial score (nSPS) is 16.9. The number of nitrogens with zero attached hydrogens (tertiary/aromatic N) is 2. The second kappa shape index (κ2) is 2.97. The monoisotopic (exact) mass is 189 g/mol. The number of aromatic nitrogens is 3. The van der Waals surface area contributed by atoms with E-state index in [0.717, 1.165) is 23.9 Å². The third-order valence-corrected chi connectivity index (χ3v) is 2.65. The lowest BCUT2D eigenvalue weighted by Crippen LogP contribution is -2.25. The SMILES string of the molecule is c1nc(OC2CCC2)c2cc[nH]c2n1. The fourth-order valence-corrected chi connectivity index (χ4v) is 1.59. The van der Waals surface area contributed by atoms with Crippen LogP contribution >= 0.6 is 0 Å². The van der Waals surface area contributed by atoms with Crippen molar-refractivity contribution < 1.29 is 4.74 Å². The maximum Gasteiger partial charge on any atom is 0.226 e. The fourth-order valence-electron chi connectivity index (χ4n) is 1.59. The third kappa shape index (κ3) is 1.14. The molecule has 0 aliphatic heterocycles. The molecule has 2 heterocycles. The van der Waals surface area contributed by atoms with E-state index in [9.17, 15) is 0 Å². The summed E-state index contributed by atoms with van der Waals surface area (Å²) in [5, 5.41) is 0.972. The topological polar surface area (TPSA) is 50.8 Å². The summed E-state index contributed by atoms with van der Waals surface area (Å²) in [6.07, 6.45) is 7.32. The number of H-pyrrole nitrogens is 1. The highest BCUT2D eigenvalue weighted by atomic mass is 16.5. The van der Waals surface area contributed by atoms with E-state index in [1.807, 2.05) is 12.3 Å². The van der Waals surface area contributed by atoms with Gasteiger partial charge < -0.3 is 9.72 Å². The number of rotatable bonds is 2. The van der Waals surface area contributed by atoms with Crippen LogP contribution in [0.3, 0.4) is 0 Å². The van der Waals surface area contributed by atoms with Crippen LogP contribution < -0.4 is 4.74 Å². The van der Waals surface area contributed by atoms with Crippen LogP contribution in [0.4, 0.5) is 0 Å². The van der Waals surface area contributed by atoms with Gasteiger partial charge in [0.25, 0.3) is 0 Å². The molecule has 0 saturated heterocycles. The summed E-state index contributed by atoms with van der Waals surface area (Å²) in [6, 6.07) is 1.95. The highest BCUT2D eigenvalue weighted by molar-refractivity contribution is 5.80. The Morgan fingerprint density at radius 1 is 1.36 bits per heavy atom. The van der Waals surface area contributed by atoms with Crippen molar-refractivity contribution in [2.75, 3.05) is 0 Å². The van der Waals surface area contributed by atoms with Crippen molar-refractivity contribution >= 4 is 11.0 Å². The minimum Gasteiger partial charge on any atom is -0.474 e. The van der Waals surface area contributed by atoms with Crippen molar-refractivity contribution in [3.05, 3.63) is 18.6 Å². The lowest BCUT2D eigenvalue weighted by atomic mass is 9.96. The Kier molecular flexibility index (Phi) is 1.65. The van der Waals surface area contributed by atoms with Crippen molar-refractivity contribution in [3.63, 3.8) is 0 Å². The molecule has 2 aromatic heterocycles. The van der Waals surface area contributed by atoms with Gasteiger partial charge >= 0.3 is 0 Å². The molecule has 0 unspecified atom stereocenters. The zero-order chi connectivity index (χ0) is 9.38. The predicted octanol–water partition coefficient (Wildman–Crippen LogP) is 1.89. The number of hydrogen-bond acceptors (Lipinski definition) is 3. The summed E-state index contributed by atoms with van der Waals surface area (Å²) in [6.45, 7) is 0. The van der Waals surface area contributed by atoms with Gasteiger partial charge in [-0.25, -0.2) is 9.97 Å². The van der Waals surface area contributed by atoms with Gasteiger partial charge in [-0.1, -0.05) is 0 Å². The minimum atomic E-state index is 0.364. The average molecular weight is 189 g/mol. The summed E-state index contributed by atoms with van der Waals surface area (Å²) in [5.74, 6) is 0.709. The van der Waals surface area contributed by atoms with Crippen molar-refractivity contribution in [1.29, 1.82) is 0 Å². The van der Waals surface area contributed by atoms with Gasteiger partial charge in [0, 0.05) is 6.20 Å². The van der Waals surface area contributed by atoms with Gasteiger partial charge in [0.05, 0.1) is 5.39 Å². The largest absolute Gasteiger partial charge is 0.474 e. The number of ether oxygens (including phenoxy) is 1. The third-order valence-electron chi connectivity index (χ3n) is 2.65. The van der Waals surface area contributed by atoms with Crippen LogP contribution in [0.5, 0.6) is 5.88 Å². The summed E-state index contributed by atoms with van der Waals surface area (Å²) in [4.78, 5) is 11.3. The van der Waals surface area contributed by atoms with Crippen LogP contribution in [0.15, 0.2) is 18.6 Å². The standard InChI is InChI=1S/C10H11N3O/c1-2-7(3-1)14-10-8-4-5-11-9(8)12-6-13-10/h4-7H,1-3H2,(H,11,12,13). The molecule has 0 radical (unpaired) electrons. The first-order chi connectivity index (χ1) is 6.93. The molecule has 4 heteroatoms. The zero-order valence-electron chi connectivity index (χ0n) is 7.73. The van der Waals surface area contributed by atoms with Gasteiger partial charge in [0.2, 0.25) is 5.88 Å². The summed E-state index contributed by atoms with van der Waals surface area (Å²) < 4.78 is 5.75. The first-order valence-corrected chi connectivity index (χ1v) is 4.88. The molecule has 72 valence electrons. The van der Waals surface area contributed by atoms with E-state index in [0.29, 0.717) is 12.0 Å². The van der Waals surface area contributed by atoms with E-state index in [2.05, 4.69) is 15.0 Å². The number of fused-ring (bicyclic) bond motifs is 1. The van der Waals surface area contributed by atoms with Crippen molar-refractivity contribution in [3.8, 4) is 5.88 Å². The van der Waals surface area contributed by atoms with Crippen molar-refractivity contribution in [2.45, 2.75) is 25.4 Å². The maximum absolute atomic E-state index is 5.75. The molecule has 1 aliphatic rings. The Hall–Kier alpha value is -1.58. The number of aromatic amines is 1. The Morgan fingerprint density at radius 2 is 2.29 bits per heavy atom. The zero-order valence-corrected chi connectivity index (χ0v) is 7.73. The molecule has 2 aromatic rings. The van der Waals surface area contributed by atoms with Crippen LogP contribution in [0, 0.1) is 0 Å². The van der Waals surface area contributed by atoms with Gasteiger partial charge in [0.15, 0.2) is 0 Å². The van der Waals surface area contributed by atoms with Crippen LogP contribution in [0.2, 0.25) is 0 Å². The van der Waals surface area contributed by atoms with E-state index in [1.165, 1.54) is 12.7 Å². The molecule has 4 nitrogen and oxygen atoms in total. The predicted molar refractivity (Wildman–Crippen MR) is 52.2 cm³/mol. The summed E-state index contributed by atoms with van der Waals surface area (Å²) in [7, 11) is 0. The molecule has 1 aliphatic carbocycles. The van der Waals surface area contributed by atoms with E-state index >= 15 is 0 Å². The molecule has 0 amide bonds. The molecule has 14 heavy (non-hydrogen) atoms. The van der Waals surface area contributed by atoms with Gasteiger partial charge in [-0.15, -0.1) is 0 Å². The van der Waals surface area contributed by atoms with E-state index in [4.69, 9.17) is 4.74 Å². The number of nitrogens with one attached hydrogen (secondary N) is 1. The lowest BCUT2D eigenvalue weighted by Gasteiger charge is -2.25. The summed E-state index contributed by atoms with van der Waals surface area (Å²) >= 11 is 0. The second-order valence-corrected chi connectivity index (χ2v) is 3.59. The highest BCUT2D eigenvalue weighted by Gasteiger charge is 2.20. The maximum atomic E-state index is 5.75. The van der Waals surface area contributed by atoms with E-state index < -0.39 is 0 Å². The summed E-state index contributed by atoms with van der Waals surface area (Å²) in [5.41, 5.74) is 0.842. The van der Waals surface area contributed by atoms with Crippen molar-refractivity contribution in [2.24, 2.45) is 0 Å². The molecule has 3 rings (SSSR count). The Morgan fingerprint density at radius 3 is 3.07 bits per heavy atom. The lowest BCUT2D eigenvalue weighted by molar-refractivity contribution is 0.116. The minimum absolute atomic E-state index is 0.364. The molecule has 0 atom stereocenters. The Labute approximate surface area is 81.3 Å². The molecular weight excluding hydrogens is 178 g/mol. The van der Waals surface area contributed by atoms with Crippen LogP contribution in [-0.4, -0.2) is 21.1 Å². The molecular formula is C10H11N3O. The Balaban J connectivity index is 1.97. The van der Waals surface area contributed by atoms with Crippen LogP contribution in [0.1, 0.15) is 19.3 Å². The Bertz CT molecular complexity index is 447. The molecule has 0 bridgehead atoms. The molecule has 1 saturated carbocycles.